The topological polar surface area (TPSA) is 77.7 Å². The third kappa shape index (κ3) is 3.35. The molecule has 1 aliphatic rings. The summed E-state index contributed by atoms with van der Waals surface area (Å²) < 4.78 is 0. The van der Waals surface area contributed by atoms with E-state index in [0.29, 0.717) is 16.6 Å². The Labute approximate surface area is 148 Å². The highest BCUT2D eigenvalue weighted by atomic mass is 35.5. The fourth-order valence-electron chi connectivity index (χ4n) is 2.03. The Balaban J connectivity index is 1.96. The molecule has 6 nitrogen and oxygen atoms in total. The lowest BCUT2D eigenvalue weighted by atomic mass is 10.2. The highest BCUT2D eigenvalue weighted by molar-refractivity contribution is 8.06. The van der Waals surface area contributed by atoms with E-state index >= 15 is 0 Å². The molecule has 1 N–H and O–H groups in total. The maximum absolute atomic E-state index is 9.58. The number of nitrogens with zero attached hydrogens (tertiary/aromatic N) is 5. The van der Waals surface area contributed by atoms with Crippen LogP contribution in [0.3, 0.4) is 0 Å². The molecular weight excluding hydrogens is 344 g/mol. The predicted octanol–water partition coefficient (Wildman–Crippen LogP) is 3.12. The number of hydrogen-bond acceptors (Lipinski definition) is 7. The number of benzene rings is 1. The first-order chi connectivity index (χ1) is 11.6. The van der Waals surface area contributed by atoms with Gasteiger partial charge in [0.15, 0.2) is 5.82 Å². The average molecular weight is 357 g/mol. The number of hydrogen-bond donors (Lipinski definition) is 1. The molecule has 2 heterocycles. The molecule has 1 aromatic heterocycles. The number of anilines is 1. The van der Waals surface area contributed by atoms with Crippen LogP contribution in [0.4, 0.5) is 5.95 Å². The zero-order valence-electron chi connectivity index (χ0n) is 13.0. The standard InChI is InChI=1S/C16H13ClN6S/c1-23(2)16-21-13(20-15(17)22-16)11(8-18)14-19-12(9-24-14)10-6-4-3-5-7-10/h3-7,9,19H,1-2H3/b14-11-. The monoisotopic (exact) mass is 356 g/mol. The Morgan fingerprint density at radius 2 is 1.96 bits per heavy atom. The van der Waals surface area contributed by atoms with Gasteiger partial charge in [0.1, 0.15) is 11.6 Å². The quantitative estimate of drug-likeness (QED) is 0.846. The molecule has 1 aliphatic heterocycles. The minimum Gasteiger partial charge on any atom is -0.348 e. The molecule has 0 saturated heterocycles. The van der Waals surface area contributed by atoms with Crippen molar-refractivity contribution in [3.8, 4) is 6.07 Å². The number of halogens is 1. The van der Waals surface area contributed by atoms with Crippen molar-refractivity contribution >= 4 is 40.6 Å². The number of aromatic nitrogens is 3. The summed E-state index contributed by atoms with van der Waals surface area (Å²) >= 11 is 7.39. The molecule has 3 rings (SSSR count). The van der Waals surface area contributed by atoms with Gasteiger partial charge in [0.05, 0.1) is 10.7 Å². The van der Waals surface area contributed by atoms with Gasteiger partial charge in [-0.2, -0.15) is 20.2 Å². The summed E-state index contributed by atoms with van der Waals surface area (Å²) in [5.41, 5.74) is 2.30. The van der Waals surface area contributed by atoms with Crippen molar-refractivity contribution in [2.24, 2.45) is 0 Å². The van der Waals surface area contributed by atoms with E-state index in [-0.39, 0.29) is 11.1 Å². The van der Waals surface area contributed by atoms with Crippen LogP contribution < -0.4 is 10.2 Å². The van der Waals surface area contributed by atoms with E-state index < -0.39 is 0 Å². The van der Waals surface area contributed by atoms with Crippen LogP contribution in [0.1, 0.15) is 11.4 Å². The van der Waals surface area contributed by atoms with Crippen molar-refractivity contribution in [2.45, 2.75) is 0 Å². The summed E-state index contributed by atoms with van der Waals surface area (Å²) in [5.74, 6) is 0.650. The van der Waals surface area contributed by atoms with Crippen LogP contribution >= 0.6 is 23.4 Å². The second-order valence-electron chi connectivity index (χ2n) is 5.08. The average Bonchev–Trinajstić information content (AvgIpc) is 3.05. The van der Waals surface area contributed by atoms with Crippen LogP contribution in [0, 0.1) is 11.3 Å². The first-order valence-electron chi connectivity index (χ1n) is 7.01. The highest BCUT2D eigenvalue weighted by Crippen LogP contribution is 2.34. The minimum atomic E-state index is 0.0521. The first-order valence-corrected chi connectivity index (χ1v) is 8.27. The Bertz CT molecular complexity index is 870. The van der Waals surface area contributed by atoms with E-state index in [1.807, 2.05) is 35.7 Å². The Kier molecular flexibility index (Phi) is 4.69. The molecule has 0 aliphatic carbocycles. The summed E-state index contributed by atoms with van der Waals surface area (Å²) in [7, 11) is 3.60. The van der Waals surface area contributed by atoms with Crippen LogP contribution in [-0.4, -0.2) is 29.0 Å². The van der Waals surface area contributed by atoms with Crippen LogP contribution in [0.5, 0.6) is 0 Å². The fourth-order valence-corrected chi connectivity index (χ4v) is 3.04. The zero-order valence-corrected chi connectivity index (χ0v) is 14.6. The zero-order chi connectivity index (χ0) is 17.1. The fraction of sp³-hybridized carbons (Fsp3) is 0.125. The van der Waals surface area contributed by atoms with Crippen LogP contribution in [0.2, 0.25) is 5.28 Å². The van der Waals surface area contributed by atoms with E-state index in [1.165, 1.54) is 11.8 Å². The summed E-state index contributed by atoms with van der Waals surface area (Å²) in [5, 5.41) is 15.5. The van der Waals surface area contributed by atoms with Gasteiger partial charge < -0.3 is 10.2 Å². The number of nitrogens with one attached hydrogen (secondary N) is 1. The van der Waals surface area contributed by atoms with Gasteiger partial charge in [-0.1, -0.05) is 42.1 Å². The lowest BCUT2D eigenvalue weighted by molar-refractivity contribution is 0.940. The number of nitriles is 1. The van der Waals surface area contributed by atoms with Gasteiger partial charge in [0.2, 0.25) is 11.2 Å². The number of thioether (sulfide) groups is 1. The molecule has 2 aromatic rings. The molecule has 0 fully saturated rings. The maximum Gasteiger partial charge on any atom is 0.229 e. The smallest absolute Gasteiger partial charge is 0.229 e. The summed E-state index contributed by atoms with van der Waals surface area (Å²) in [6, 6.07) is 12.0. The first kappa shape index (κ1) is 16.3. The molecule has 0 amide bonds. The Hall–Kier alpha value is -2.56. The SMILES string of the molecule is CN(C)c1nc(Cl)nc(/C(C#N)=C2/NC(c3ccccc3)=CS2)n1. The molecule has 120 valence electrons. The van der Waals surface area contributed by atoms with E-state index in [0.717, 1.165) is 11.3 Å². The summed E-state index contributed by atoms with van der Waals surface area (Å²) in [6.45, 7) is 0. The van der Waals surface area contributed by atoms with Crippen molar-refractivity contribution < 1.29 is 0 Å². The van der Waals surface area contributed by atoms with Gasteiger partial charge in [-0.3, -0.25) is 0 Å². The molecule has 24 heavy (non-hydrogen) atoms. The molecule has 0 unspecified atom stereocenters. The van der Waals surface area contributed by atoms with Gasteiger partial charge in [-0.25, -0.2) is 0 Å². The molecule has 8 heteroatoms. The number of allylic oxidation sites excluding steroid dienone is 1. The third-order valence-electron chi connectivity index (χ3n) is 3.19. The van der Waals surface area contributed by atoms with E-state index in [2.05, 4.69) is 26.3 Å². The lowest BCUT2D eigenvalue weighted by Crippen LogP contribution is -2.15. The van der Waals surface area contributed by atoms with Crippen molar-refractivity contribution in [2.75, 3.05) is 19.0 Å². The molecule has 0 bridgehead atoms. The van der Waals surface area contributed by atoms with E-state index in [4.69, 9.17) is 11.6 Å². The maximum atomic E-state index is 9.58. The normalized spacial score (nSPS) is 15.3. The third-order valence-corrected chi connectivity index (χ3v) is 4.25. The molecule has 0 atom stereocenters. The van der Waals surface area contributed by atoms with Crippen molar-refractivity contribution in [3.63, 3.8) is 0 Å². The second kappa shape index (κ2) is 6.91. The van der Waals surface area contributed by atoms with Gasteiger partial charge in [-0.05, 0) is 17.2 Å². The van der Waals surface area contributed by atoms with Crippen LogP contribution in [0.15, 0.2) is 40.8 Å². The van der Waals surface area contributed by atoms with Crippen LogP contribution in [-0.2, 0) is 0 Å². The van der Waals surface area contributed by atoms with Crippen LogP contribution in [0.25, 0.3) is 11.3 Å². The molecular formula is C16H13ClN6S. The minimum absolute atomic E-state index is 0.0521. The highest BCUT2D eigenvalue weighted by Gasteiger charge is 2.20. The second-order valence-corrected chi connectivity index (χ2v) is 6.30. The van der Waals surface area contributed by atoms with Crippen molar-refractivity contribution in [1.82, 2.24) is 20.3 Å². The van der Waals surface area contributed by atoms with Crippen molar-refractivity contribution in [3.05, 3.63) is 57.4 Å². The van der Waals surface area contributed by atoms with Gasteiger partial charge in [0, 0.05) is 19.5 Å². The largest absolute Gasteiger partial charge is 0.348 e. The van der Waals surface area contributed by atoms with Gasteiger partial charge in [-0.15, -0.1) is 0 Å². The molecule has 0 saturated carbocycles. The van der Waals surface area contributed by atoms with Gasteiger partial charge >= 0.3 is 0 Å². The molecule has 0 spiro atoms. The predicted molar refractivity (Wildman–Crippen MR) is 96.8 cm³/mol. The van der Waals surface area contributed by atoms with E-state index in [9.17, 15) is 5.26 Å². The summed E-state index contributed by atoms with van der Waals surface area (Å²) in [4.78, 5) is 14.1. The molecule has 1 aromatic carbocycles. The van der Waals surface area contributed by atoms with E-state index in [1.54, 1.807) is 19.0 Å². The van der Waals surface area contributed by atoms with Crippen molar-refractivity contribution in [1.29, 1.82) is 5.26 Å². The Morgan fingerprint density at radius 3 is 2.62 bits per heavy atom. The number of rotatable bonds is 3. The molecule has 0 radical (unpaired) electrons. The lowest BCUT2D eigenvalue weighted by Gasteiger charge is -2.11. The Morgan fingerprint density at radius 1 is 1.21 bits per heavy atom. The summed E-state index contributed by atoms with van der Waals surface area (Å²) in [6.07, 6.45) is 0. The van der Waals surface area contributed by atoms with Gasteiger partial charge in [0.25, 0.3) is 0 Å².